The zero-order valence-corrected chi connectivity index (χ0v) is 32.3. The molecule has 6 heterocycles. The first-order chi connectivity index (χ1) is 29.1. The minimum absolute atomic E-state index is 0.536. The highest BCUT2D eigenvalue weighted by Gasteiger charge is 2.55. The Morgan fingerprint density at radius 1 is 0.475 bits per heavy atom. The first kappa shape index (κ1) is 33.6. The number of para-hydroxylation sites is 2. The molecular formula is C51H31N4O3P. The van der Waals surface area contributed by atoms with Crippen LogP contribution in [0.1, 0.15) is 22.3 Å². The number of rotatable bonds is 4. The van der Waals surface area contributed by atoms with Crippen LogP contribution in [0.15, 0.2) is 193 Å². The molecule has 0 N–H and O–H groups in total. The molecule has 2 aliphatic rings. The topological polar surface area (TPSA) is 91.0 Å². The van der Waals surface area contributed by atoms with Crippen molar-refractivity contribution in [2.24, 2.45) is 0 Å². The van der Waals surface area contributed by atoms with Gasteiger partial charge in [0.2, 0.25) is 0 Å². The lowest BCUT2D eigenvalue weighted by Gasteiger charge is -2.47. The summed E-state index contributed by atoms with van der Waals surface area (Å²) in [5, 5.41) is 4.26. The molecule has 7 nitrogen and oxygen atoms in total. The lowest BCUT2D eigenvalue weighted by atomic mass is 9.63. The maximum absolute atomic E-state index is 16.4. The molecule has 2 unspecified atom stereocenters. The summed E-state index contributed by atoms with van der Waals surface area (Å²) < 4.78 is 29.9. The summed E-state index contributed by atoms with van der Waals surface area (Å²) in [4.78, 5) is 19.0. The highest BCUT2D eigenvalue weighted by molar-refractivity contribution is 7.85. The second-order valence-electron chi connectivity index (χ2n) is 14.9. The Morgan fingerprint density at radius 3 is 1.92 bits per heavy atom. The summed E-state index contributed by atoms with van der Waals surface area (Å²) in [6, 6.07) is 54.7. The Bertz CT molecular complexity index is 3300. The molecule has 278 valence electrons. The van der Waals surface area contributed by atoms with Gasteiger partial charge in [-0.1, -0.05) is 103 Å². The molecule has 8 heteroatoms. The van der Waals surface area contributed by atoms with E-state index in [0.29, 0.717) is 22.9 Å². The number of furan rings is 1. The van der Waals surface area contributed by atoms with Gasteiger partial charge in [-0.05, 0) is 71.8 Å². The van der Waals surface area contributed by atoms with Gasteiger partial charge in [0.25, 0.3) is 0 Å². The quantitative estimate of drug-likeness (QED) is 0.164. The van der Waals surface area contributed by atoms with Crippen molar-refractivity contribution in [3.63, 3.8) is 0 Å². The van der Waals surface area contributed by atoms with Gasteiger partial charge in [-0.2, -0.15) is 0 Å². The molecule has 0 fully saturated rings. The molecule has 59 heavy (non-hydrogen) atoms. The Labute approximate surface area is 339 Å². The van der Waals surface area contributed by atoms with Gasteiger partial charge in [0.05, 0.1) is 16.8 Å². The van der Waals surface area contributed by atoms with Gasteiger partial charge >= 0.3 is 0 Å². The molecule has 2 aliphatic heterocycles. The fourth-order valence-electron chi connectivity index (χ4n) is 9.24. The zero-order valence-electron chi connectivity index (χ0n) is 31.4. The molecule has 0 bridgehead atoms. The van der Waals surface area contributed by atoms with Crippen LogP contribution in [0.4, 0.5) is 0 Å². The van der Waals surface area contributed by atoms with Crippen LogP contribution in [0.3, 0.4) is 0 Å². The summed E-state index contributed by atoms with van der Waals surface area (Å²) in [5.41, 5.74) is 8.34. The number of hydrogen-bond acceptors (Lipinski definition) is 7. The number of benzene rings is 6. The summed E-state index contributed by atoms with van der Waals surface area (Å²) in [5.74, 6) is 1.91. The molecule has 0 amide bonds. The second-order valence-corrected chi connectivity index (χ2v) is 17.6. The van der Waals surface area contributed by atoms with E-state index in [1.54, 1.807) is 12.4 Å². The third kappa shape index (κ3) is 4.86. The summed E-state index contributed by atoms with van der Waals surface area (Å²) in [7, 11) is -3.47. The molecule has 2 atom stereocenters. The summed E-state index contributed by atoms with van der Waals surface area (Å²) in [6.45, 7) is 0. The average molecular weight is 779 g/mol. The largest absolute Gasteiger partial charge is 0.457 e. The van der Waals surface area contributed by atoms with E-state index in [2.05, 4.69) is 58.5 Å². The minimum atomic E-state index is -3.47. The van der Waals surface area contributed by atoms with Crippen LogP contribution in [0, 0.1) is 0 Å². The molecule has 0 saturated heterocycles. The van der Waals surface area contributed by atoms with Gasteiger partial charge < -0.3 is 13.7 Å². The average Bonchev–Trinajstić information content (AvgIpc) is 3.68. The van der Waals surface area contributed by atoms with Crippen molar-refractivity contribution in [3.05, 3.63) is 211 Å². The van der Waals surface area contributed by atoms with Crippen LogP contribution < -0.4 is 20.7 Å². The van der Waals surface area contributed by atoms with Crippen LogP contribution in [-0.2, 0) is 9.98 Å². The number of aromatic nitrogens is 4. The van der Waals surface area contributed by atoms with E-state index in [4.69, 9.17) is 19.1 Å². The molecule has 1 spiro atoms. The molecule has 6 aromatic carbocycles. The zero-order chi connectivity index (χ0) is 39.1. The molecule has 4 aromatic heterocycles. The van der Waals surface area contributed by atoms with Crippen LogP contribution in [0.5, 0.6) is 11.5 Å². The van der Waals surface area contributed by atoms with Crippen LogP contribution in [0.25, 0.3) is 55.8 Å². The monoisotopic (exact) mass is 778 g/mol. The van der Waals surface area contributed by atoms with Gasteiger partial charge in [-0.25, -0.2) is 9.97 Å². The van der Waals surface area contributed by atoms with Crippen LogP contribution in [-0.4, -0.2) is 19.9 Å². The van der Waals surface area contributed by atoms with Crippen molar-refractivity contribution in [2.45, 2.75) is 5.41 Å². The van der Waals surface area contributed by atoms with Crippen molar-refractivity contribution in [3.8, 4) is 45.4 Å². The maximum Gasteiger partial charge on any atom is 0.171 e. The smallest absolute Gasteiger partial charge is 0.171 e. The standard InChI is InChI=1S/C51H31N4O3P/c56-59(35-14-2-1-3-15-35)48-21-9-6-18-40(48)51(41-27-37-36-16-4-7-19-44(36)57-46(37)29-49(41)59)38-17-5-8-20-45(38)58-47-26-32(22-23-39(47)51)50-54-42(33-12-10-24-52-30-33)28-43(55-50)34-13-11-25-53-31-34/h1-31H. The molecular weight excluding hydrogens is 748 g/mol. The Kier molecular flexibility index (Phi) is 7.28. The highest BCUT2D eigenvalue weighted by atomic mass is 31.2. The Hall–Kier alpha value is -7.47. The third-order valence-corrected chi connectivity index (χ3v) is 14.9. The van der Waals surface area contributed by atoms with Gasteiger partial charge in [-0.3, -0.25) is 9.97 Å². The first-order valence-corrected chi connectivity index (χ1v) is 21.2. The first-order valence-electron chi connectivity index (χ1n) is 19.4. The summed E-state index contributed by atoms with van der Waals surface area (Å²) >= 11 is 0. The number of nitrogens with zero attached hydrogens (tertiary/aromatic N) is 4. The van der Waals surface area contributed by atoms with Crippen molar-refractivity contribution in [1.82, 2.24) is 19.9 Å². The summed E-state index contributed by atoms with van der Waals surface area (Å²) in [6.07, 6.45) is 7.12. The van der Waals surface area contributed by atoms with E-state index in [1.807, 2.05) is 128 Å². The van der Waals surface area contributed by atoms with E-state index in [9.17, 15) is 0 Å². The fraction of sp³-hybridized carbons (Fsp3) is 0.0196. The SMILES string of the molecule is O=P1(c2ccccc2)c2ccccc2C2(c3ccccc3Oc3cc(-c4nc(-c5cccnc5)cc(-c5cccnc5)n4)ccc32)c2cc3c(cc21)oc1ccccc13. The maximum atomic E-state index is 16.4. The minimum Gasteiger partial charge on any atom is -0.457 e. The Balaban J connectivity index is 1.17. The molecule has 12 rings (SSSR count). The molecule has 0 radical (unpaired) electrons. The van der Waals surface area contributed by atoms with Crippen LogP contribution in [0.2, 0.25) is 0 Å². The molecule has 0 saturated carbocycles. The van der Waals surface area contributed by atoms with E-state index in [-0.39, 0.29) is 0 Å². The fourth-order valence-corrected chi connectivity index (χ4v) is 12.4. The third-order valence-electron chi connectivity index (χ3n) is 11.8. The number of ether oxygens (including phenoxy) is 1. The van der Waals surface area contributed by atoms with Gasteiger partial charge in [-0.15, -0.1) is 0 Å². The normalized spacial score (nSPS) is 17.5. The number of pyridine rings is 2. The van der Waals surface area contributed by atoms with Gasteiger partial charge in [0.15, 0.2) is 13.0 Å². The van der Waals surface area contributed by atoms with Crippen molar-refractivity contribution in [2.75, 3.05) is 0 Å². The van der Waals surface area contributed by atoms with E-state index in [0.717, 1.165) is 82.6 Å². The number of fused-ring (bicyclic) bond motifs is 11. The lowest BCUT2D eigenvalue weighted by Crippen LogP contribution is -2.47. The molecule has 10 aromatic rings. The predicted molar refractivity (Wildman–Crippen MR) is 233 cm³/mol. The second kappa shape index (κ2) is 12.8. The highest BCUT2D eigenvalue weighted by Crippen LogP contribution is 2.62. The van der Waals surface area contributed by atoms with Crippen molar-refractivity contribution in [1.29, 1.82) is 0 Å². The predicted octanol–water partition coefficient (Wildman–Crippen LogP) is 10.6. The van der Waals surface area contributed by atoms with E-state index in [1.165, 1.54) is 0 Å². The van der Waals surface area contributed by atoms with Crippen LogP contribution >= 0.6 is 7.14 Å². The van der Waals surface area contributed by atoms with E-state index < -0.39 is 12.6 Å². The lowest BCUT2D eigenvalue weighted by molar-refractivity contribution is 0.435. The van der Waals surface area contributed by atoms with Gasteiger partial charge in [0, 0.05) is 79.3 Å². The molecule has 0 aliphatic carbocycles. The van der Waals surface area contributed by atoms with Crippen molar-refractivity contribution < 1.29 is 13.7 Å². The van der Waals surface area contributed by atoms with Crippen molar-refractivity contribution >= 4 is 45.0 Å². The van der Waals surface area contributed by atoms with Gasteiger partial charge in [0.1, 0.15) is 22.7 Å². The van der Waals surface area contributed by atoms with E-state index >= 15 is 4.57 Å². The Morgan fingerprint density at radius 2 is 1.15 bits per heavy atom. The number of hydrogen-bond donors (Lipinski definition) is 0.